The van der Waals surface area contributed by atoms with Gasteiger partial charge in [0.1, 0.15) is 11.4 Å². The van der Waals surface area contributed by atoms with E-state index < -0.39 is 0 Å². The molecule has 2 heterocycles. The number of hydrogen-bond acceptors (Lipinski definition) is 3. The summed E-state index contributed by atoms with van der Waals surface area (Å²) in [5.41, 5.74) is 8.39. The summed E-state index contributed by atoms with van der Waals surface area (Å²) >= 11 is 6.19. The highest BCUT2D eigenvalue weighted by Gasteiger charge is 2.41. The average molecular weight is 281 g/mol. The third-order valence-electron chi connectivity index (χ3n) is 4.51. The van der Waals surface area contributed by atoms with Crippen LogP contribution in [0.25, 0.3) is 0 Å². The normalized spacial score (nSPS) is 26.0. The molecule has 2 aliphatic heterocycles. The van der Waals surface area contributed by atoms with Crippen molar-refractivity contribution in [3.63, 3.8) is 0 Å². The highest BCUT2D eigenvalue weighted by atomic mass is 35.5. The van der Waals surface area contributed by atoms with Gasteiger partial charge in [-0.05, 0) is 44.5 Å². The molecule has 1 saturated heterocycles. The lowest BCUT2D eigenvalue weighted by molar-refractivity contribution is -0.0164. The number of ether oxygens (including phenoxy) is 1. The maximum Gasteiger partial charge on any atom is 0.125 e. The number of rotatable bonds is 0. The first kappa shape index (κ1) is 13.2. The van der Waals surface area contributed by atoms with Crippen molar-refractivity contribution in [2.45, 2.75) is 37.8 Å². The molecule has 0 radical (unpaired) electrons. The van der Waals surface area contributed by atoms with Crippen LogP contribution < -0.4 is 10.5 Å². The molecule has 1 aromatic rings. The highest BCUT2D eigenvalue weighted by molar-refractivity contribution is 6.31. The zero-order valence-corrected chi connectivity index (χ0v) is 12.3. The molecular formula is C15H21ClN2O. The number of fused-ring (bicyclic) bond motifs is 1. The number of halogens is 1. The van der Waals surface area contributed by atoms with Crippen molar-refractivity contribution in [2.75, 3.05) is 20.1 Å². The van der Waals surface area contributed by atoms with E-state index >= 15 is 0 Å². The summed E-state index contributed by atoms with van der Waals surface area (Å²) in [6, 6.07) is 4.04. The lowest BCUT2D eigenvalue weighted by Crippen LogP contribution is -2.50. The number of likely N-dealkylation sites (tertiary alicyclic amines) is 1. The van der Waals surface area contributed by atoms with Crippen LogP contribution in [0.2, 0.25) is 5.02 Å². The van der Waals surface area contributed by atoms with Crippen molar-refractivity contribution in [3.8, 4) is 5.75 Å². The predicted molar refractivity (Wildman–Crippen MR) is 77.8 cm³/mol. The zero-order chi connectivity index (χ0) is 13.6. The van der Waals surface area contributed by atoms with Crippen LogP contribution in [-0.2, 0) is 0 Å². The molecule has 2 N–H and O–H groups in total. The Hall–Kier alpha value is -0.770. The van der Waals surface area contributed by atoms with Crippen LogP contribution in [0.1, 0.15) is 36.4 Å². The summed E-state index contributed by atoms with van der Waals surface area (Å²) in [5.74, 6) is 0.935. The molecule has 4 heteroatoms. The zero-order valence-electron chi connectivity index (χ0n) is 11.6. The van der Waals surface area contributed by atoms with E-state index in [2.05, 4.69) is 11.9 Å². The van der Waals surface area contributed by atoms with E-state index in [1.165, 1.54) is 0 Å². The van der Waals surface area contributed by atoms with Crippen molar-refractivity contribution in [1.29, 1.82) is 0 Å². The minimum atomic E-state index is -0.0702. The van der Waals surface area contributed by atoms with Gasteiger partial charge in [0, 0.05) is 36.1 Å². The summed E-state index contributed by atoms with van der Waals surface area (Å²) in [5, 5.41) is 0.775. The Bertz CT molecular complexity index is 495. The van der Waals surface area contributed by atoms with Crippen LogP contribution in [0.4, 0.5) is 0 Å². The number of piperidine rings is 1. The third-order valence-corrected chi connectivity index (χ3v) is 4.91. The van der Waals surface area contributed by atoms with Crippen LogP contribution in [0.5, 0.6) is 5.75 Å². The minimum Gasteiger partial charge on any atom is -0.487 e. The Morgan fingerprint density at radius 3 is 2.74 bits per heavy atom. The lowest BCUT2D eigenvalue weighted by atomic mass is 9.81. The van der Waals surface area contributed by atoms with E-state index in [4.69, 9.17) is 22.1 Å². The van der Waals surface area contributed by atoms with Crippen LogP contribution in [0.15, 0.2) is 12.1 Å². The smallest absolute Gasteiger partial charge is 0.125 e. The molecule has 1 aromatic carbocycles. The molecule has 2 aliphatic rings. The van der Waals surface area contributed by atoms with Gasteiger partial charge in [0.15, 0.2) is 0 Å². The maximum atomic E-state index is 6.35. The van der Waals surface area contributed by atoms with Gasteiger partial charge in [0.2, 0.25) is 0 Å². The van der Waals surface area contributed by atoms with Gasteiger partial charge < -0.3 is 15.4 Å². The van der Waals surface area contributed by atoms with Gasteiger partial charge in [-0.3, -0.25) is 0 Å². The summed E-state index contributed by atoms with van der Waals surface area (Å²) in [6.07, 6.45) is 3.00. The van der Waals surface area contributed by atoms with E-state index in [0.29, 0.717) is 0 Å². The van der Waals surface area contributed by atoms with E-state index in [9.17, 15) is 0 Å². The van der Waals surface area contributed by atoms with Gasteiger partial charge in [-0.1, -0.05) is 11.6 Å². The molecule has 0 bridgehead atoms. The van der Waals surface area contributed by atoms with E-state index in [-0.39, 0.29) is 11.6 Å². The van der Waals surface area contributed by atoms with Gasteiger partial charge in [-0.2, -0.15) is 0 Å². The van der Waals surface area contributed by atoms with E-state index in [1.807, 2.05) is 19.1 Å². The van der Waals surface area contributed by atoms with Crippen molar-refractivity contribution in [2.24, 2.45) is 5.73 Å². The van der Waals surface area contributed by atoms with E-state index in [0.717, 1.165) is 54.3 Å². The van der Waals surface area contributed by atoms with Gasteiger partial charge >= 0.3 is 0 Å². The fourth-order valence-corrected chi connectivity index (χ4v) is 3.34. The number of nitrogens with zero attached hydrogens (tertiary/aromatic N) is 1. The Balaban J connectivity index is 1.93. The number of aryl methyl sites for hydroxylation is 1. The Morgan fingerprint density at radius 1 is 1.37 bits per heavy atom. The first-order valence-corrected chi connectivity index (χ1v) is 7.30. The monoisotopic (exact) mass is 280 g/mol. The Labute approximate surface area is 119 Å². The second kappa shape index (κ2) is 4.65. The second-order valence-corrected chi connectivity index (χ2v) is 6.45. The molecule has 1 unspecified atom stereocenters. The van der Waals surface area contributed by atoms with Gasteiger partial charge in [-0.15, -0.1) is 0 Å². The molecule has 0 aromatic heterocycles. The molecule has 0 saturated carbocycles. The standard InChI is InChI=1S/C15H21ClN2O/c1-10-7-14-11(8-12(10)16)13(17)9-15(19-14)3-5-18(2)6-4-15/h7-8,13H,3-6,9,17H2,1-2H3. The molecule has 3 rings (SSSR count). The molecule has 1 fully saturated rings. The average Bonchev–Trinajstić information content (AvgIpc) is 2.36. The lowest BCUT2D eigenvalue weighted by Gasteiger charge is -2.45. The Kier molecular flexibility index (Phi) is 3.24. The van der Waals surface area contributed by atoms with Crippen LogP contribution in [0, 0.1) is 6.92 Å². The predicted octanol–water partition coefficient (Wildman–Crippen LogP) is 2.90. The number of hydrogen-bond donors (Lipinski definition) is 1. The minimum absolute atomic E-state index is 0.0326. The molecule has 1 spiro atoms. The fourth-order valence-electron chi connectivity index (χ4n) is 3.17. The van der Waals surface area contributed by atoms with E-state index in [1.54, 1.807) is 0 Å². The molecule has 1 atom stereocenters. The summed E-state index contributed by atoms with van der Waals surface area (Å²) in [7, 11) is 2.16. The molecule has 104 valence electrons. The number of benzene rings is 1. The highest BCUT2D eigenvalue weighted by Crippen LogP contribution is 2.44. The van der Waals surface area contributed by atoms with Crippen LogP contribution in [0.3, 0.4) is 0 Å². The van der Waals surface area contributed by atoms with Gasteiger partial charge in [-0.25, -0.2) is 0 Å². The van der Waals surface area contributed by atoms with Crippen LogP contribution in [-0.4, -0.2) is 30.6 Å². The summed E-state index contributed by atoms with van der Waals surface area (Å²) < 4.78 is 6.35. The van der Waals surface area contributed by atoms with Crippen LogP contribution >= 0.6 is 11.6 Å². The van der Waals surface area contributed by atoms with Crippen molar-refractivity contribution < 1.29 is 4.74 Å². The Morgan fingerprint density at radius 2 is 2.05 bits per heavy atom. The SMILES string of the molecule is Cc1cc2c(cc1Cl)C(N)CC1(CCN(C)CC1)O2. The van der Waals surface area contributed by atoms with Crippen molar-refractivity contribution >= 4 is 11.6 Å². The molecule has 3 nitrogen and oxygen atoms in total. The van der Waals surface area contributed by atoms with Crippen molar-refractivity contribution in [3.05, 3.63) is 28.3 Å². The van der Waals surface area contributed by atoms with Gasteiger partial charge in [0.25, 0.3) is 0 Å². The topological polar surface area (TPSA) is 38.5 Å². The fraction of sp³-hybridized carbons (Fsp3) is 0.600. The molecular weight excluding hydrogens is 260 g/mol. The first-order chi connectivity index (χ1) is 8.99. The largest absolute Gasteiger partial charge is 0.487 e. The molecule has 19 heavy (non-hydrogen) atoms. The summed E-state index contributed by atoms with van der Waals surface area (Å²) in [6.45, 7) is 4.16. The second-order valence-electron chi connectivity index (χ2n) is 6.04. The van der Waals surface area contributed by atoms with Gasteiger partial charge in [0.05, 0.1) is 0 Å². The summed E-state index contributed by atoms with van der Waals surface area (Å²) in [4.78, 5) is 2.35. The third kappa shape index (κ3) is 2.35. The quantitative estimate of drug-likeness (QED) is 0.794. The first-order valence-electron chi connectivity index (χ1n) is 6.92. The molecule has 0 amide bonds. The maximum absolute atomic E-state index is 6.35. The number of nitrogens with two attached hydrogens (primary N) is 1. The van der Waals surface area contributed by atoms with Crippen molar-refractivity contribution in [1.82, 2.24) is 4.90 Å². The molecule has 0 aliphatic carbocycles.